The second-order valence-electron chi connectivity index (χ2n) is 4.37. The molecule has 0 saturated heterocycles. The molecular weight excluding hydrogens is 326 g/mol. The van der Waals surface area contributed by atoms with Crippen LogP contribution in [0.5, 0.6) is 0 Å². The number of amides is 1. The third-order valence-corrected chi connectivity index (χ3v) is 3.97. The summed E-state index contributed by atoms with van der Waals surface area (Å²) in [5, 5.41) is 3.40. The van der Waals surface area contributed by atoms with E-state index >= 15 is 0 Å². The topological polar surface area (TPSA) is 29.1 Å². The van der Waals surface area contributed by atoms with E-state index in [9.17, 15) is 4.79 Å². The molecule has 0 atom stereocenters. The molecule has 0 bridgehead atoms. The zero-order chi connectivity index (χ0) is 14.0. The van der Waals surface area contributed by atoms with Gasteiger partial charge in [0, 0.05) is 4.47 Å². The van der Waals surface area contributed by atoms with Gasteiger partial charge in [0.05, 0.1) is 16.3 Å². The van der Waals surface area contributed by atoms with Crippen LogP contribution in [0.2, 0.25) is 5.02 Å². The molecule has 98 valence electrons. The maximum atomic E-state index is 12.2. The van der Waals surface area contributed by atoms with Gasteiger partial charge in [0.1, 0.15) is 0 Å². The molecule has 4 heteroatoms. The molecule has 2 nitrogen and oxygen atoms in total. The van der Waals surface area contributed by atoms with Crippen molar-refractivity contribution in [3.8, 4) is 0 Å². The molecule has 19 heavy (non-hydrogen) atoms. The van der Waals surface area contributed by atoms with Crippen molar-refractivity contribution in [3.63, 3.8) is 0 Å². The predicted octanol–water partition coefficient (Wildman–Crippen LogP) is 4.97. The number of halogens is 2. The summed E-state index contributed by atoms with van der Waals surface area (Å²) in [6.45, 7) is 3.88. The van der Waals surface area contributed by atoms with Gasteiger partial charge in [0.25, 0.3) is 5.91 Å². The quantitative estimate of drug-likeness (QED) is 0.823. The highest BCUT2D eigenvalue weighted by Gasteiger charge is 2.12. The molecule has 0 aliphatic rings. The fraction of sp³-hybridized carbons (Fsp3) is 0.133. The fourth-order valence-electron chi connectivity index (χ4n) is 1.74. The minimum atomic E-state index is -0.181. The third kappa shape index (κ3) is 3.17. The Morgan fingerprint density at radius 1 is 1.21 bits per heavy atom. The predicted molar refractivity (Wildman–Crippen MR) is 83.0 cm³/mol. The summed E-state index contributed by atoms with van der Waals surface area (Å²) in [4.78, 5) is 12.2. The van der Waals surface area contributed by atoms with E-state index in [0.29, 0.717) is 16.3 Å². The lowest BCUT2D eigenvalue weighted by Gasteiger charge is -2.10. The van der Waals surface area contributed by atoms with E-state index in [1.807, 2.05) is 38.1 Å². The summed E-state index contributed by atoms with van der Waals surface area (Å²) >= 11 is 9.56. The first kappa shape index (κ1) is 14.1. The van der Waals surface area contributed by atoms with Gasteiger partial charge in [0.2, 0.25) is 0 Å². The van der Waals surface area contributed by atoms with Crippen LogP contribution in [0.3, 0.4) is 0 Å². The molecule has 0 heterocycles. The van der Waals surface area contributed by atoms with Gasteiger partial charge < -0.3 is 5.32 Å². The maximum Gasteiger partial charge on any atom is 0.256 e. The summed E-state index contributed by atoms with van der Waals surface area (Å²) in [7, 11) is 0. The van der Waals surface area contributed by atoms with E-state index in [1.54, 1.807) is 12.1 Å². The van der Waals surface area contributed by atoms with Gasteiger partial charge >= 0.3 is 0 Å². The molecule has 2 rings (SSSR count). The Kier molecular flexibility index (Phi) is 4.27. The lowest BCUT2D eigenvalue weighted by molar-refractivity contribution is 0.102. The summed E-state index contributed by atoms with van der Waals surface area (Å²) in [6.07, 6.45) is 0. The standard InChI is InChI=1S/C15H13BrClNO/c1-9-6-7-11(12(16)8-9)15(19)18-13-5-3-4-10(2)14(13)17/h3-8H,1-2H3,(H,18,19). The Hall–Kier alpha value is -1.32. The van der Waals surface area contributed by atoms with Crippen molar-refractivity contribution in [3.05, 3.63) is 62.6 Å². The van der Waals surface area contributed by atoms with Gasteiger partial charge in [-0.2, -0.15) is 0 Å². The molecule has 1 N–H and O–H groups in total. The Bertz CT molecular complexity index is 640. The average Bonchev–Trinajstić information content (AvgIpc) is 2.34. The molecule has 2 aromatic rings. The van der Waals surface area contributed by atoms with Gasteiger partial charge in [0.15, 0.2) is 0 Å². The van der Waals surface area contributed by atoms with Gasteiger partial charge in [-0.15, -0.1) is 0 Å². The van der Waals surface area contributed by atoms with Crippen LogP contribution in [-0.4, -0.2) is 5.91 Å². The minimum Gasteiger partial charge on any atom is -0.321 e. The van der Waals surface area contributed by atoms with E-state index in [1.165, 1.54) is 0 Å². The van der Waals surface area contributed by atoms with Crippen molar-refractivity contribution < 1.29 is 4.79 Å². The maximum absolute atomic E-state index is 12.2. The summed E-state index contributed by atoms with van der Waals surface area (Å²) in [5.41, 5.74) is 3.24. The molecule has 0 saturated carbocycles. The van der Waals surface area contributed by atoms with Crippen LogP contribution in [0, 0.1) is 13.8 Å². The average molecular weight is 339 g/mol. The number of rotatable bonds is 2. The second kappa shape index (κ2) is 5.76. The Morgan fingerprint density at radius 2 is 1.95 bits per heavy atom. The van der Waals surface area contributed by atoms with Crippen molar-refractivity contribution in [1.82, 2.24) is 0 Å². The monoisotopic (exact) mass is 337 g/mol. The number of nitrogens with one attached hydrogen (secondary N) is 1. The van der Waals surface area contributed by atoms with E-state index in [-0.39, 0.29) is 5.91 Å². The van der Waals surface area contributed by atoms with Crippen LogP contribution in [-0.2, 0) is 0 Å². The zero-order valence-electron chi connectivity index (χ0n) is 10.6. The number of aryl methyl sites for hydroxylation is 2. The molecule has 1 amide bonds. The van der Waals surface area contributed by atoms with Gasteiger partial charge in [-0.05, 0) is 59.1 Å². The number of carbonyl (C=O) groups excluding carboxylic acids is 1. The van der Waals surface area contributed by atoms with Gasteiger partial charge in [-0.25, -0.2) is 0 Å². The van der Waals surface area contributed by atoms with Crippen LogP contribution in [0.4, 0.5) is 5.69 Å². The first-order valence-corrected chi connectivity index (χ1v) is 6.99. The number of hydrogen-bond acceptors (Lipinski definition) is 1. The number of hydrogen-bond donors (Lipinski definition) is 1. The van der Waals surface area contributed by atoms with E-state index in [4.69, 9.17) is 11.6 Å². The zero-order valence-corrected chi connectivity index (χ0v) is 13.0. The fourth-order valence-corrected chi connectivity index (χ4v) is 2.58. The largest absolute Gasteiger partial charge is 0.321 e. The first-order chi connectivity index (χ1) is 8.99. The van der Waals surface area contributed by atoms with E-state index in [2.05, 4.69) is 21.2 Å². The molecule has 0 fully saturated rings. The van der Waals surface area contributed by atoms with Gasteiger partial charge in [-0.3, -0.25) is 4.79 Å². The smallest absolute Gasteiger partial charge is 0.256 e. The normalized spacial score (nSPS) is 10.3. The molecule has 0 unspecified atom stereocenters. The van der Waals surface area contributed by atoms with Crippen molar-refractivity contribution >= 4 is 39.1 Å². The second-order valence-corrected chi connectivity index (χ2v) is 5.61. The summed E-state index contributed by atoms with van der Waals surface area (Å²) < 4.78 is 0.772. The third-order valence-electron chi connectivity index (χ3n) is 2.81. The summed E-state index contributed by atoms with van der Waals surface area (Å²) in [6, 6.07) is 11.2. The lowest BCUT2D eigenvalue weighted by Crippen LogP contribution is -2.13. The van der Waals surface area contributed by atoms with E-state index in [0.717, 1.165) is 15.6 Å². The Labute approximate surface area is 125 Å². The number of benzene rings is 2. The van der Waals surface area contributed by atoms with Crippen LogP contribution < -0.4 is 5.32 Å². The van der Waals surface area contributed by atoms with Crippen molar-refractivity contribution in [1.29, 1.82) is 0 Å². The SMILES string of the molecule is Cc1ccc(C(=O)Nc2cccc(C)c2Cl)c(Br)c1. The first-order valence-electron chi connectivity index (χ1n) is 5.81. The molecule has 0 aliphatic carbocycles. The Morgan fingerprint density at radius 3 is 2.63 bits per heavy atom. The van der Waals surface area contributed by atoms with Crippen molar-refractivity contribution in [2.24, 2.45) is 0 Å². The highest BCUT2D eigenvalue weighted by atomic mass is 79.9. The number of anilines is 1. The molecule has 0 radical (unpaired) electrons. The molecule has 0 aliphatic heterocycles. The van der Waals surface area contributed by atoms with Crippen molar-refractivity contribution in [2.45, 2.75) is 13.8 Å². The minimum absolute atomic E-state index is 0.181. The van der Waals surface area contributed by atoms with E-state index < -0.39 is 0 Å². The van der Waals surface area contributed by atoms with Crippen LogP contribution >= 0.6 is 27.5 Å². The van der Waals surface area contributed by atoms with Crippen LogP contribution in [0.1, 0.15) is 21.5 Å². The van der Waals surface area contributed by atoms with Gasteiger partial charge in [-0.1, -0.05) is 29.8 Å². The highest BCUT2D eigenvalue weighted by molar-refractivity contribution is 9.10. The van der Waals surface area contributed by atoms with Crippen LogP contribution in [0.25, 0.3) is 0 Å². The molecule has 0 aromatic heterocycles. The molecule has 2 aromatic carbocycles. The summed E-state index contributed by atoms with van der Waals surface area (Å²) in [5.74, 6) is -0.181. The van der Waals surface area contributed by atoms with Crippen molar-refractivity contribution in [2.75, 3.05) is 5.32 Å². The highest BCUT2D eigenvalue weighted by Crippen LogP contribution is 2.26. The lowest BCUT2D eigenvalue weighted by atomic mass is 10.1. The van der Waals surface area contributed by atoms with Crippen LogP contribution in [0.15, 0.2) is 40.9 Å². The number of carbonyl (C=O) groups is 1. The molecular formula is C15H13BrClNO. The molecule has 0 spiro atoms. The Balaban J connectivity index is 2.28.